The molecule has 0 N–H and O–H groups in total. The van der Waals surface area contributed by atoms with E-state index in [0.717, 1.165) is 16.8 Å². The van der Waals surface area contributed by atoms with Crippen LogP contribution < -0.4 is 0 Å². The summed E-state index contributed by atoms with van der Waals surface area (Å²) in [6.45, 7) is 3.95. The first-order valence-corrected chi connectivity index (χ1v) is 10.3. The van der Waals surface area contributed by atoms with E-state index in [2.05, 4.69) is 5.16 Å². The van der Waals surface area contributed by atoms with Crippen molar-refractivity contribution in [2.45, 2.75) is 32.2 Å². The first kappa shape index (κ1) is 17.0. The molecular formula is C18H20N4O3S. The van der Waals surface area contributed by atoms with Gasteiger partial charge < -0.3 is 4.52 Å². The Morgan fingerprint density at radius 2 is 2.00 bits per heavy atom. The molecule has 0 saturated carbocycles. The highest BCUT2D eigenvalue weighted by Gasteiger charge is 2.42. The average Bonchev–Trinajstić information content (AvgIpc) is 3.29. The largest absolute Gasteiger partial charge is 0.364 e. The predicted octanol–water partition coefficient (Wildman–Crippen LogP) is 2.37. The Morgan fingerprint density at radius 3 is 2.62 bits per heavy atom. The summed E-state index contributed by atoms with van der Waals surface area (Å²) in [6.07, 6.45) is 2.47. The number of hydrogen-bond donors (Lipinski definition) is 0. The Hall–Kier alpha value is -2.48. The molecule has 1 aliphatic rings. The van der Waals surface area contributed by atoms with Crippen molar-refractivity contribution in [3.8, 4) is 11.4 Å². The van der Waals surface area contributed by atoms with Crippen molar-refractivity contribution in [1.82, 2.24) is 19.9 Å². The summed E-state index contributed by atoms with van der Waals surface area (Å²) < 4.78 is 30.8. The normalized spacial score (nSPS) is 21.9. The molecule has 3 aromatic rings. The van der Waals surface area contributed by atoms with E-state index in [-0.39, 0.29) is 11.5 Å². The van der Waals surface area contributed by atoms with Gasteiger partial charge in [-0.2, -0.15) is 5.10 Å². The third-order valence-corrected chi connectivity index (χ3v) is 6.70. The molecule has 0 aliphatic carbocycles. The standard InChI is InChI=1S/C18H20N4O3S/c1-13-3-5-14(6-4-13)17-19-16(11-15-7-9-25-21-15)22(20-17)18(2)8-10-26(23,24)12-18/h3-7,9H,8,10-12H2,1-2H3. The lowest BCUT2D eigenvalue weighted by Gasteiger charge is -2.24. The van der Waals surface area contributed by atoms with Gasteiger partial charge in [0.15, 0.2) is 15.7 Å². The predicted molar refractivity (Wildman–Crippen MR) is 96.4 cm³/mol. The molecule has 7 nitrogen and oxygen atoms in total. The van der Waals surface area contributed by atoms with Gasteiger partial charge in [0, 0.05) is 11.6 Å². The second-order valence-electron chi connectivity index (χ2n) is 7.14. The van der Waals surface area contributed by atoms with Gasteiger partial charge in [-0.3, -0.25) is 0 Å². The highest BCUT2D eigenvalue weighted by Crippen LogP contribution is 2.32. The van der Waals surface area contributed by atoms with Crippen LogP contribution in [-0.2, 0) is 21.8 Å². The van der Waals surface area contributed by atoms with Crippen LogP contribution in [0.1, 0.15) is 30.4 Å². The molecule has 0 spiro atoms. The molecule has 136 valence electrons. The first-order valence-electron chi connectivity index (χ1n) is 8.48. The maximum absolute atomic E-state index is 12.1. The topological polar surface area (TPSA) is 90.9 Å². The van der Waals surface area contributed by atoms with Crippen LogP contribution in [-0.4, -0.2) is 39.8 Å². The van der Waals surface area contributed by atoms with Crippen molar-refractivity contribution in [3.05, 3.63) is 53.7 Å². The summed E-state index contributed by atoms with van der Waals surface area (Å²) >= 11 is 0. The van der Waals surface area contributed by atoms with Crippen LogP contribution in [0.4, 0.5) is 0 Å². The highest BCUT2D eigenvalue weighted by atomic mass is 32.2. The lowest BCUT2D eigenvalue weighted by atomic mass is 10.0. The van der Waals surface area contributed by atoms with Crippen molar-refractivity contribution in [1.29, 1.82) is 0 Å². The van der Waals surface area contributed by atoms with Crippen LogP contribution in [0, 0.1) is 6.92 Å². The highest BCUT2D eigenvalue weighted by molar-refractivity contribution is 7.91. The molecule has 2 aromatic heterocycles. The molecule has 1 aliphatic heterocycles. The van der Waals surface area contributed by atoms with Gasteiger partial charge in [0.1, 0.15) is 12.1 Å². The fourth-order valence-electron chi connectivity index (χ4n) is 3.37. The van der Waals surface area contributed by atoms with Gasteiger partial charge in [0.05, 0.1) is 29.2 Å². The van der Waals surface area contributed by atoms with Gasteiger partial charge >= 0.3 is 0 Å². The van der Waals surface area contributed by atoms with Gasteiger partial charge in [-0.15, -0.1) is 0 Å². The zero-order valence-electron chi connectivity index (χ0n) is 14.7. The summed E-state index contributed by atoms with van der Waals surface area (Å²) in [7, 11) is -3.06. The molecule has 1 saturated heterocycles. The average molecular weight is 372 g/mol. The summed E-state index contributed by atoms with van der Waals surface area (Å²) in [5.41, 5.74) is 2.19. The monoisotopic (exact) mass is 372 g/mol. The van der Waals surface area contributed by atoms with Crippen molar-refractivity contribution in [2.24, 2.45) is 0 Å². The van der Waals surface area contributed by atoms with Crippen molar-refractivity contribution in [3.63, 3.8) is 0 Å². The van der Waals surface area contributed by atoms with E-state index in [4.69, 9.17) is 14.6 Å². The molecule has 1 unspecified atom stereocenters. The molecule has 1 fully saturated rings. The number of nitrogens with zero attached hydrogens (tertiary/aromatic N) is 4. The van der Waals surface area contributed by atoms with Gasteiger partial charge in [-0.05, 0) is 20.3 Å². The second-order valence-corrected chi connectivity index (χ2v) is 9.32. The first-order chi connectivity index (χ1) is 12.3. The Labute approximate surface area is 152 Å². The van der Waals surface area contributed by atoms with E-state index in [0.29, 0.717) is 24.5 Å². The number of sulfone groups is 1. The van der Waals surface area contributed by atoms with E-state index in [1.165, 1.54) is 6.26 Å². The van der Waals surface area contributed by atoms with E-state index in [1.807, 2.05) is 38.1 Å². The SMILES string of the molecule is Cc1ccc(-c2nc(Cc3ccon3)n(C3(C)CCS(=O)(=O)C3)n2)cc1. The van der Waals surface area contributed by atoms with E-state index < -0.39 is 15.4 Å². The lowest BCUT2D eigenvalue weighted by Crippen LogP contribution is -2.34. The Balaban J connectivity index is 1.79. The van der Waals surface area contributed by atoms with Crippen LogP contribution in [0.3, 0.4) is 0 Å². The van der Waals surface area contributed by atoms with Crippen molar-refractivity contribution < 1.29 is 12.9 Å². The number of rotatable bonds is 4. The Morgan fingerprint density at radius 1 is 1.23 bits per heavy atom. The van der Waals surface area contributed by atoms with E-state index in [9.17, 15) is 8.42 Å². The maximum Gasteiger partial charge on any atom is 0.181 e. The third kappa shape index (κ3) is 3.16. The minimum absolute atomic E-state index is 0.0719. The zero-order chi connectivity index (χ0) is 18.4. The zero-order valence-corrected chi connectivity index (χ0v) is 15.5. The molecule has 0 amide bonds. The number of aromatic nitrogens is 4. The third-order valence-electron chi connectivity index (χ3n) is 4.81. The van der Waals surface area contributed by atoms with Crippen LogP contribution in [0.25, 0.3) is 11.4 Å². The van der Waals surface area contributed by atoms with Gasteiger partial charge in [-0.25, -0.2) is 18.1 Å². The molecule has 1 atom stereocenters. The summed E-state index contributed by atoms with van der Waals surface area (Å²) in [6, 6.07) is 9.74. The van der Waals surface area contributed by atoms with Crippen LogP contribution in [0.5, 0.6) is 0 Å². The molecule has 26 heavy (non-hydrogen) atoms. The smallest absolute Gasteiger partial charge is 0.181 e. The minimum Gasteiger partial charge on any atom is -0.364 e. The maximum atomic E-state index is 12.1. The molecular weight excluding hydrogens is 352 g/mol. The molecule has 4 rings (SSSR count). The van der Waals surface area contributed by atoms with Gasteiger partial charge in [-0.1, -0.05) is 35.0 Å². The van der Waals surface area contributed by atoms with Crippen molar-refractivity contribution in [2.75, 3.05) is 11.5 Å². The molecule has 0 radical (unpaired) electrons. The number of benzene rings is 1. The van der Waals surface area contributed by atoms with Gasteiger partial charge in [0.2, 0.25) is 0 Å². The van der Waals surface area contributed by atoms with Crippen LogP contribution >= 0.6 is 0 Å². The Kier molecular flexibility index (Phi) is 3.95. The summed E-state index contributed by atoms with van der Waals surface area (Å²) in [4.78, 5) is 4.70. The molecule has 1 aromatic carbocycles. The number of aryl methyl sites for hydroxylation is 1. The summed E-state index contributed by atoms with van der Waals surface area (Å²) in [5, 5.41) is 8.64. The lowest BCUT2D eigenvalue weighted by molar-refractivity contribution is 0.317. The molecule has 3 heterocycles. The second kappa shape index (κ2) is 6.05. The Bertz CT molecular complexity index is 1020. The fraction of sp³-hybridized carbons (Fsp3) is 0.389. The number of hydrogen-bond acceptors (Lipinski definition) is 6. The van der Waals surface area contributed by atoms with Gasteiger partial charge in [0.25, 0.3) is 0 Å². The molecule has 8 heteroatoms. The minimum atomic E-state index is -3.06. The van der Waals surface area contributed by atoms with E-state index in [1.54, 1.807) is 10.7 Å². The van der Waals surface area contributed by atoms with Crippen LogP contribution in [0.2, 0.25) is 0 Å². The summed E-state index contributed by atoms with van der Waals surface area (Å²) in [5.74, 6) is 1.53. The van der Waals surface area contributed by atoms with E-state index >= 15 is 0 Å². The fourth-order valence-corrected chi connectivity index (χ4v) is 5.48. The van der Waals surface area contributed by atoms with Crippen LogP contribution in [0.15, 0.2) is 41.1 Å². The van der Waals surface area contributed by atoms with Crippen molar-refractivity contribution >= 4 is 9.84 Å². The molecule has 0 bridgehead atoms. The quantitative estimate of drug-likeness (QED) is 0.698.